The van der Waals surface area contributed by atoms with Crippen LogP contribution in [0.3, 0.4) is 0 Å². The van der Waals surface area contributed by atoms with E-state index in [1.165, 1.54) is 6.07 Å². The molecule has 0 radical (unpaired) electrons. The molecule has 0 saturated carbocycles. The fourth-order valence-corrected chi connectivity index (χ4v) is 2.80. The number of halogens is 2. The highest BCUT2D eigenvalue weighted by atomic mass is 19.2. The number of likely N-dealkylation sites (tertiary alicyclic amines) is 1. The molecule has 3 rings (SSSR count). The second-order valence-electron chi connectivity index (χ2n) is 5.62. The molecule has 1 N–H and O–H groups in total. The molecule has 7 heteroatoms. The zero-order valence-corrected chi connectivity index (χ0v) is 12.3. The van der Waals surface area contributed by atoms with Crippen LogP contribution in [-0.4, -0.2) is 43.0 Å². The largest absolute Gasteiger partial charge is 0.346 e. The van der Waals surface area contributed by atoms with E-state index in [0.717, 1.165) is 12.1 Å². The minimum absolute atomic E-state index is 0.270. The predicted octanol–water partition coefficient (Wildman–Crippen LogP) is 2.18. The van der Waals surface area contributed by atoms with Gasteiger partial charge >= 0.3 is 6.03 Å². The number of hydrogen-bond acceptors (Lipinski definition) is 3. The molecular formula is C15H18F2N2O3. The van der Waals surface area contributed by atoms with Crippen LogP contribution >= 0.6 is 0 Å². The van der Waals surface area contributed by atoms with E-state index in [2.05, 4.69) is 5.32 Å². The highest BCUT2D eigenvalue weighted by Gasteiger charge is 2.44. The first-order chi connectivity index (χ1) is 10.5. The first-order valence-electron chi connectivity index (χ1n) is 7.27. The Morgan fingerprint density at radius 2 is 2.05 bits per heavy atom. The molecule has 1 atom stereocenters. The maximum absolute atomic E-state index is 13.2. The van der Waals surface area contributed by atoms with Crippen molar-refractivity contribution in [2.24, 2.45) is 0 Å². The summed E-state index contributed by atoms with van der Waals surface area (Å²) in [5.74, 6) is -2.49. The van der Waals surface area contributed by atoms with Gasteiger partial charge in [0, 0.05) is 13.0 Å². The minimum Gasteiger partial charge on any atom is -0.346 e. The van der Waals surface area contributed by atoms with Crippen molar-refractivity contribution in [1.29, 1.82) is 0 Å². The van der Waals surface area contributed by atoms with Crippen LogP contribution in [0, 0.1) is 11.6 Å². The summed E-state index contributed by atoms with van der Waals surface area (Å²) in [6, 6.07) is 2.91. The number of nitrogens with one attached hydrogen (secondary N) is 1. The van der Waals surface area contributed by atoms with E-state index in [-0.39, 0.29) is 6.03 Å². The topological polar surface area (TPSA) is 50.8 Å². The Kier molecular flexibility index (Phi) is 4.01. The van der Waals surface area contributed by atoms with Gasteiger partial charge in [0.25, 0.3) is 0 Å². The summed E-state index contributed by atoms with van der Waals surface area (Å²) in [6.45, 7) is 3.72. The van der Waals surface area contributed by atoms with Crippen LogP contribution in [0.25, 0.3) is 0 Å². The number of hydrogen-bond donors (Lipinski definition) is 1. The molecular weight excluding hydrogens is 294 g/mol. The van der Waals surface area contributed by atoms with E-state index >= 15 is 0 Å². The number of carbonyl (C=O) groups is 1. The van der Waals surface area contributed by atoms with Crippen molar-refractivity contribution in [2.45, 2.75) is 25.2 Å². The standard InChI is InChI=1S/C15H18F2N2O3/c1-10(11-2-3-12(16)13(17)8-11)18-14(20)19-5-4-15(9-19)21-6-7-22-15/h2-3,8,10H,4-7,9H2,1H3,(H,18,20)/t10-/m1/s1. The molecule has 2 aliphatic rings. The lowest BCUT2D eigenvalue weighted by molar-refractivity contribution is -0.143. The highest BCUT2D eigenvalue weighted by Crippen LogP contribution is 2.30. The van der Waals surface area contributed by atoms with Crippen LogP contribution in [0.5, 0.6) is 0 Å². The Hall–Kier alpha value is -1.73. The van der Waals surface area contributed by atoms with E-state index in [0.29, 0.717) is 38.3 Å². The first-order valence-corrected chi connectivity index (χ1v) is 7.27. The summed E-state index contributed by atoms with van der Waals surface area (Å²) >= 11 is 0. The van der Waals surface area contributed by atoms with Gasteiger partial charge in [-0.25, -0.2) is 13.6 Å². The minimum atomic E-state index is -0.925. The summed E-state index contributed by atoms with van der Waals surface area (Å²) in [4.78, 5) is 13.9. The molecule has 2 fully saturated rings. The molecule has 1 spiro atoms. The smallest absolute Gasteiger partial charge is 0.318 e. The molecule has 1 aromatic carbocycles. The lowest BCUT2D eigenvalue weighted by Crippen LogP contribution is -2.42. The van der Waals surface area contributed by atoms with Gasteiger partial charge in [-0.3, -0.25) is 0 Å². The van der Waals surface area contributed by atoms with Gasteiger partial charge in [-0.1, -0.05) is 6.07 Å². The fraction of sp³-hybridized carbons (Fsp3) is 0.533. The lowest BCUT2D eigenvalue weighted by Gasteiger charge is -2.24. The third kappa shape index (κ3) is 2.91. The van der Waals surface area contributed by atoms with Gasteiger partial charge in [0.1, 0.15) is 0 Å². The van der Waals surface area contributed by atoms with Crippen molar-refractivity contribution in [2.75, 3.05) is 26.3 Å². The lowest BCUT2D eigenvalue weighted by atomic mass is 10.1. The van der Waals surface area contributed by atoms with Gasteiger partial charge in [-0.05, 0) is 24.6 Å². The Balaban J connectivity index is 1.60. The van der Waals surface area contributed by atoms with Crippen LogP contribution < -0.4 is 5.32 Å². The quantitative estimate of drug-likeness (QED) is 0.911. The number of rotatable bonds is 2. The molecule has 2 aliphatic heterocycles. The van der Waals surface area contributed by atoms with Crippen molar-refractivity contribution in [1.82, 2.24) is 10.2 Å². The van der Waals surface area contributed by atoms with Gasteiger partial charge < -0.3 is 19.7 Å². The summed E-state index contributed by atoms with van der Waals surface area (Å²) in [5.41, 5.74) is 0.509. The van der Waals surface area contributed by atoms with Crippen LogP contribution in [0.15, 0.2) is 18.2 Å². The van der Waals surface area contributed by atoms with Crippen LogP contribution in [0.4, 0.5) is 13.6 Å². The average molecular weight is 312 g/mol. The normalized spacial score (nSPS) is 21.3. The van der Waals surface area contributed by atoms with Gasteiger partial charge in [-0.2, -0.15) is 0 Å². The van der Waals surface area contributed by atoms with E-state index < -0.39 is 23.5 Å². The molecule has 120 valence electrons. The fourth-order valence-electron chi connectivity index (χ4n) is 2.80. The number of nitrogens with zero attached hydrogens (tertiary/aromatic N) is 1. The van der Waals surface area contributed by atoms with Crippen molar-refractivity contribution in [3.05, 3.63) is 35.4 Å². The molecule has 2 heterocycles. The number of carbonyl (C=O) groups excluding carboxylic acids is 1. The number of amides is 2. The van der Waals surface area contributed by atoms with Crippen molar-refractivity contribution in [3.8, 4) is 0 Å². The van der Waals surface area contributed by atoms with Gasteiger partial charge in [0.15, 0.2) is 17.4 Å². The zero-order chi connectivity index (χ0) is 15.7. The molecule has 1 aromatic rings. The second-order valence-corrected chi connectivity index (χ2v) is 5.62. The van der Waals surface area contributed by atoms with Crippen LogP contribution in [0.2, 0.25) is 0 Å². The average Bonchev–Trinajstić information content (AvgIpc) is 3.12. The SMILES string of the molecule is C[C@@H](NC(=O)N1CCC2(C1)OCCO2)c1ccc(F)c(F)c1. The van der Waals surface area contributed by atoms with E-state index in [1.807, 2.05) is 0 Å². The summed E-state index contributed by atoms with van der Waals surface area (Å²) < 4.78 is 37.3. The number of urea groups is 1. The monoisotopic (exact) mass is 312 g/mol. The summed E-state index contributed by atoms with van der Waals surface area (Å²) in [6.07, 6.45) is 0.639. The molecule has 0 unspecified atom stereocenters. The van der Waals surface area contributed by atoms with Gasteiger partial charge in [-0.15, -0.1) is 0 Å². The van der Waals surface area contributed by atoms with Crippen LogP contribution in [0.1, 0.15) is 24.9 Å². The molecule has 5 nitrogen and oxygen atoms in total. The Morgan fingerprint density at radius 3 is 2.73 bits per heavy atom. The van der Waals surface area contributed by atoms with E-state index in [9.17, 15) is 13.6 Å². The molecule has 0 aromatic heterocycles. The predicted molar refractivity (Wildman–Crippen MR) is 74.1 cm³/mol. The first kappa shape index (κ1) is 15.2. The molecule has 2 saturated heterocycles. The molecule has 0 aliphatic carbocycles. The Bertz CT molecular complexity index is 576. The third-order valence-corrected chi connectivity index (χ3v) is 4.08. The van der Waals surface area contributed by atoms with Crippen molar-refractivity contribution < 1.29 is 23.0 Å². The van der Waals surface area contributed by atoms with Crippen molar-refractivity contribution in [3.63, 3.8) is 0 Å². The third-order valence-electron chi connectivity index (χ3n) is 4.08. The maximum atomic E-state index is 13.2. The summed E-state index contributed by atoms with van der Waals surface area (Å²) in [7, 11) is 0. The number of ether oxygens (including phenoxy) is 2. The highest BCUT2D eigenvalue weighted by molar-refractivity contribution is 5.75. The van der Waals surface area contributed by atoms with Gasteiger partial charge in [0.2, 0.25) is 0 Å². The number of benzene rings is 1. The van der Waals surface area contributed by atoms with Crippen molar-refractivity contribution >= 4 is 6.03 Å². The van der Waals surface area contributed by atoms with Crippen LogP contribution in [-0.2, 0) is 9.47 Å². The maximum Gasteiger partial charge on any atom is 0.318 e. The summed E-state index contributed by atoms with van der Waals surface area (Å²) in [5, 5.41) is 2.78. The Morgan fingerprint density at radius 1 is 1.32 bits per heavy atom. The second kappa shape index (κ2) is 5.81. The molecule has 2 amide bonds. The van der Waals surface area contributed by atoms with Gasteiger partial charge in [0.05, 0.1) is 25.8 Å². The Labute approximate surface area is 127 Å². The zero-order valence-electron chi connectivity index (χ0n) is 12.3. The molecule has 0 bridgehead atoms. The molecule has 22 heavy (non-hydrogen) atoms. The van der Waals surface area contributed by atoms with E-state index in [1.54, 1.807) is 11.8 Å². The van der Waals surface area contributed by atoms with E-state index in [4.69, 9.17) is 9.47 Å².